The van der Waals surface area contributed by atoms with Crippen LogP contribution in [-0.4, -0.2) is 15.6 Å². The van der Waals surface area contributed by atoms with Crippen molar-refractivity contribution in [2.45, 2.75) is 33.6 Å². The molecule has 1 atom stereocenters. The first-order valence-corrected chi connectivity index (χ1v) is 5.55. The number of nitrogens with zero attached hydrogens (tertiary/aromatic N) is 2. The summed E-state index contributed by atoms with van der Waals surface area (Å²) in [7, 11) is 1.86. The third-order valence-electron chi connectivity index (χ3n) is 2.66. The molecule has 0 saturated heterocycles. The lowest BCUT2D eigenvalue weighted by Gasteiger charge is -2.09. The highest BCUT2D eigenvalue weighted by Gasteiger charge is 2.17. The first-order chi connectivity index (χ1) is 6.97. The molecule has 0 spiro atoms. The summed E-state index contributed by atoms with van der Waals surface area (Å²) in [5.41, 5.74) is 1.77. The van der Waals surface area contributed by atoms with Gasteiger partial charge in [0.2, 0.25) is 0 Å². The van der Waals surface area contributed by atoms with Crippen LogP contribution in [0.2, 0.25) is 5.02 Å². The Kier molecular flexibility index (Phi) is 3.91. The van der Waals surface area contributed by atoms with Crippen molar-refractivity contribution in [2.75, 3.05) is 0 Å². The minimum atomic E-state index is 0.0160. The van der Waals surface area contributed by atoms with Crippen LogP contribution in [0.5, 0.6) is 0 Å². The number of aryl methyl sites for hydroxylation is 2. The Bertz CT molecular complexity index is 371. The van der Waals surface area contributed by atoms with Crippen LogP contribution in [0.15, 0.2) is 0 Å². The normalized spacial score (nSPS) is 12.9. The molecule has 1 rings (SSSR count). The first kappa shape index (κ1) is 12.2. The highest BCUT2D eigenvalue weighted by Crippen LogP contribution is 2.22. The Hall–Kier alpha value is -0.830. The smallest absolute Gasteiger partial charge is 0.135 e. The molecule has 0 bridgehead atoms. The maximum absolute atomic E-state index is 11.5. The summed E-state index contributed by atoms with van der Waals surface area (Å²) in [5.74, 6) is 0.284. The van der Waals surface area contributed by atoms with E-state index >= 15 is 0 Å². The van der Waals surface area contributed by atoms with Gasteiger partial charge in [-0.25, -0.2) is 0 Å². The molecule has 0 N–H and O–H groups in total. The molecule has 1 unspecified atom stereocenters. The van der Waals surface area contributed by atoms with Crippen LogP contribution in [0, 0.1) is 12.8 Å². The summed E-state index contributed by atoms with van der Waals surface area (Å²) >= 11 is 6.11. The average molecular weight is 229 g/mol. The van der Waals surface area contributed by atoms with Gasteiger partial charge in [-0.05, 0) is 6.92 Å². The van der Waals surface area contributed by atoms with Gasteiger partial charge in [-0.2, -0.15) is 5.10 Å². The zero-order chi connectivity index (χ0) is 11.6. The van der Waals surface area contributed by atoms with Gasteiger partial charge in [0.1, 0.15) is 5.78 Å². The van der Waals surface area contributed by atoms with Gasteiger partial charge < -0.3 is 0 Å². The number of aromatic nitrogens is 2. The molecule has 0 fully saturated rings. The van der Waals surface area contributed by atoms with E-state index in [4.69, 9.17) is 11.6 Å². The lowest BCUT2D eigenvalue weighted by molar-refractivity contribution is -0.122. The van der Waals surface area contributed by atoms with Crippen LogP contribution in [0.4, 0.5) is 0 Å². The SMILES string of the molecule is CCC(=O)C(C)Cc1c(Cl)c(C)nn1C. The Balaban J connectivity index is 2.85. The molecular formula is C11H17ClN2O. The van der Waals surface area contributed by atoms with E-state index in [-0.39, 0.29) is 11.7 Å². The molecule has 15 heavy (non-hydrogen) atoms. The summed E-state index contributed by atoms with van der Waals surface area (Å²) in [6, 6.07) is 0. The number of carbonyl (C=O) groups is 1. The van der Waals surface area contributed by atoms with Crippen molar-refractivity contribution < 1.29 is 4.79 Å². The van der Waals surface area contributed by atoms with Crippen LogP contribution in [0.25, 0.3) is 0 Å². The topological polar surface area (TPSA) is 34.9 Å². The van der Waals surface area contributed by atoms with Crippen molar-refractivity contribution in [3.05, 3.63) is 16.4 Å². The van der Waals surface area contributed by atoms with Crippen LogP contribution in [-0.2, 0) is 18.3 Å². The van der Waals surface area contributed by atoms with Crippen molar-refractivity contribution in [1.29, 1.82) is 0 Å². The maximum Gasteiger partial charge on any atom is 0.135 e. The summed E-state index contributed by atoms with van der Waals surface area (Å²) < 4.78 is 1.76. The Morgan fingerprint density at radius 2 is 2.20 bits per heavy atom. The van der Waals surface area contributed by atoms with E-state index in [2.05, 4.69) is 5.10 Å². The van der Waals surface area contributed by atoms with E-state index in [1.807, 2.05) is 27.8 Å². The second-order valence-electron chi connectivity index (χ2n) is 3.89. The number of halogens is 1. The van der Waals surface area contributed by atoms with Crippen molar-refractivity contribution in [3.8, 4) is 0 Å². The van der Waals surface area contributed by atoms with Crippen LogP contribution in [0.1, 0.15) is 31.7 Å². The van der Waals surface area contributed by atoms with E-state index in [0.29, 0.717) is 17.9 Å². The lowest BCUT2D eigenvalue weighted by atomic mass is 9.99. The molecule has 3 nitrogen and oxygen atoms in total. The molecular weight excluding hydrogens is 212 g/mol. The summed E-state index contributed by atoms with van der Waals surface area (Å²) in [6.07, 6.45) is 1.25. The monoisotopic (exact) mass is 228 g/mol. The van der Waals surface area contributed by atoms with Gasteiger partial charge in [0.25, 0.3) is 0 Å². The van der Waals surface area contributed by atoms with Gasteiger partial charge in [-0.1, -0.05) is 25.4 Å². The van der Waals surface area contributed by atoms with Crippen LogP contribution < -0.4 is 0 Å². The summed E-state index contributed by atoms with van der Waals surface area (Å²) in [4.78, 5) is 11.5. The summed E-state index contributed by atoms with van der Waals surface area (Å²) in [6.45, 7) is 5.69. The number of Topliss-reactive ketones (excluding diaryl/α,β-unsaturated/α-hetero) is 1. The van der Waals surface area contributed by atoms with E-state index in [0.717, 1.165) is 11.4 Å². The number of hydrogen-bond donors (Lipinski definition) is 0. The van der Waals surface area contributed by atoms with E-state index < -0.39 is 0 Å². The van der Waals surface area contributed by atoms with Crippen LogP contribution in [0.3, 0.4) is 0 Å². The molecule has 1 heterocycles. The van der Waals surface area contributed by atoms with Crippen molar-refractivity contribution >= 4 is 17.4 Å². The van der Waals surface area contributed by atoms with Crippen molar-refractivity contribution in [2.24, 2.45) is 13.0 Å². The van der Waals surface area contributed by atoms with Gasteiger partial charge in [-0.15, -0.1) is 0 Å². The minimum Gasteiger partial charge on any atom is -0.299 e. The number of rotatable bonds is 4. The molecule has 1 aromatic heterocycles. The molecule has 84 valence electrons. The lowest BCUT2D eigenvalue weighted by Crippen LogP contribution is -2.14. The standard InChI is InChI=1S/C11H17ClN2O/c1-5-10(15)7(2)6-9-11(12)8(3)13-14(9)4/h7H,5-6H2,1-4H3. The molecule has 0 aromatic carbocycles. The van der Waals surface area contributed by atoms with Crippen LogP contribution >= 0.6 is 11.6 Å². The Labute approximate surface area is 95.4 Å². The summed E-state index contributed by atoms with van der Waals surface area (Å²) in [5, 5.41) is 4.91. The molecule has 0 aliphatic rings. The van der Waals surface area contributed by atoms with Gasteiger partial charge >= 0.3 is 0 Å². The highest BCUT2D eigenvalue weighted by molar-refractivity contribution is 6.31. The minimum absolute atomic E-state index is 0.0160. The molecule has 0 amide bonds. The zero-order valence-corrected chi connectivity index (χ0v) is 10.4. The predicted octanol–water partition coefficient (Wildman–Crippen LogP) is 2.54. The van der Waals surface area contributed by atoms with Gasteiger partial charge in [0.15, 0.2) is 0 Å². The highest BCUT2D eigenvalue weighted by atomic mass is 35.5. The van der Waals surface area contributed by atoms with E-state index in [1.54, 1.807) is 4.68 Å². The Morgan fingerprint density at radius 3 is 2.60 bits per heavy atom. The third kappa shape index (κ3) is 2.59. The second kappa shape index (κ2) is 4.79. The molecule has 0 aliphatic heterocycles. The average Bonchev–Trinajstić information content (AvgIpc) is 2.43. The predicted molar refractivity (Wildman–Crippen MR) is 61.1 cm³/mol. The molecule has 4 heteroatoms. The van der Waals surface area contributed by atoms with Crippen molar-refractivity contribution in [1.82, 2.24) is 9.78 Å². The largest absolute Gasteiger partial charge is 0.299 e. The number of carbonyl (C=O) groups excluding carboxylic acids is 1. The quantitative estimate of drug-likeness (QED) is 0.794. The maximum atomic E-state index is 11.5. The molecule has 0 radical (unpaired) electrons. The molecule has 0 saturated carbocycles. The third-order valence-corrected chi connectivity index (χ3v) is 3.15. The molecule has 1 aromatic rings. The second-order valence-corrected chi connectivity index (χ2v) is 4.27. The van der Waals surface area contributed by atoms with Gasteiger partial charge in [0, 0.05) is 25.8 Å². The van der Waals surface area contributed by atoms with Gasteiger partial charge in [0.05, 0.1) is 16.4 Å². The van der Waals surface area contributed by atoms with E-state index in [1.165, 1.54) is 0 Å². The fourth-order valence-corrected chi connectivity index (χ4v) is 1.89. The fourth-order valence-electron chi connectivity index (χ4n) is 1.65. The van der Waals surface area contributed by atoms with E-state index in [9.17, 15) is 4.79 Å². The molecule has 0 aliphatic carbocycles. The fraction of sp³-hybridized carbons (Fsp3) is 0.636. The number of hydrogen-bond acceptors (Lipinski definition) is 2. The van der Waals surface area contributed by atoms with Gasteiger partial charge in [-0.3, -0.25) is 9.48 Å². The Morgan fingerprint density at radius 1 is 1.60 bits per heavy atom. The zero-order valence-electron chi connectivity index (χ0n) is 9.67. The first-order valence-electron chi connectivity index (χ1n) is 5.18. The van der Waals surface area contributed by atoms with Crippen molar-refractivity contribution in [3.63, 3.8) is 0 Å². The number of ketones is 1.